The van der Waals surface area contributed by atoms with Crippen LogP contribution in [-0.2, 0) is 4.74 Å². The van der Waals surface area contributed by atoms with Crippen LogP contribution in [-0.4, -0.2) is 23.7 Å². The smallest absolute Gasteiger partial charge is 0.414 e. The maximum atomic E-state index is 12.0. The summed E-state index contributed by atoms with van der Waals surface area (Å²) in [6, 6.07) is 3.76. The van der Waals surface area contributed by atoms with Crippen molar-refractivity contribution < 1.29 is 9.53 Å². The molecular formula is C13H16N2O2S. The predicted molar refractivity (Wildman–Crippen MR) is 74.3 cm³/mol. The Morgan fingerprint density at radius 3 is 2.78 bits per heavy atom. The lowest BCUT2D eigenvalue weighted by Gasteiger charge is -2.24. The molecule has 0 atom stereocenters. The Labute approximate surface area is 110 Å². The molecule has 0 fully saturated rings. The molecule has 0 spiro atoms. The first-order valence-electron chi connectivity index (χ1n) is 5.67. The second kappa shape index (κ2) is 4.57. The topological polar surface area (TPSA) is 42.4 Å². The molecule has 0 saturated carbocycles. The SMILES string of the molecule is CN(C(=O)OC(C)(C)C)c1ccnc2ccsc12. The van der Waals surface area contributed by atoms with Gasteiger partial charge in [-0.25, -0.2) is 4.79 Å². The van der Waals surface area contributed by atoms with Crippen LogP contribution in [0.2, 0.25) is 0 Å². The van der Waals surface area contributed by atoms with Crippen LogP contribution >= 0.6 is 11.3 Å². The van der Waals surface area contributed by atoms with Crippen LogP contribution in [0.1, 0.15) is 20.8 Å². The molecule has 18 heavy (non-hydrogen) atoms. The summed E-state index contributed by atoms with van der Waals surface area (Å²) < 4.78 is 6.34. The van der Waals surface area contributed by atoms with Gasteiger partial charge in [0.25, 0.3) is 0 Å². The summed E-state index contributed by atoms with van der Waals surface area (Å²) in [6.45, 7) is 5.56. The fourth-order valence-electron chi connectivity index (χ4n) is 1.55. The maximum Gasteiger partial charge on any atom is 0.414 e. The van der Waals surface area contributed by atoms with Crippen molar-refractivity contribution in [2.75, 3.05) is 11.9 Å². The van der Waals surface area contributed by atoms with E-state index in [4.69, 9.17) is 4.74 Å². The highest BCUT2D eigenvalue weighted by atomic mass is 32.1. The molecule has 2 rings (SSSR count). The lowest BCUT2D eigenvalue weighted by molar-refractivity contribution is 0.0590. The third-order valence-electron chi connectivity index (χ3n) is 2.35. The standard InChI is InChI=1S/C13H16N2O2S/c1-13(2,3)17-12(16)15(4)10-5-7-14-9-6-8-18-11(9)10/h5-8H,1-4H3. The maximum absolute atomic E-state index is 12.0. The van der Waals surface area contributed by atoms with Crippen LogP contribution in [0.4, 0.5) is 10.5 Å². The first-order valence-corrected chi connectivity index (χ1v) is 6.55. The molecule has 0 radical (unpaired) electrons. The number of rotatable bonds is 1. The normalized spacial score (nSPS) is 11.6. The molecule has 2 aromatic rings. The minimum absolute atomic E-state index is 0.358. The Morgan fingerprint density at radius 2 is 2.11 bits per heavy atom. The van der Waals surface area contributed by atoms with Gasteiger partial charge < -0.3 is 4.74 Å². The number of carbonyl (C=O) groups excluding carboxylic acids is 1. The molecule has 4 nitrogen and oxygen atoms in total. The second-order valence-corrected chi connectivity index (χ2v) is 5.92. The van der Waals surface area contributed by atoms with Gasteiger partial charge in [0.2, 0.25) is 0 Å². The lowest BCUT2D eigenvalue weighted by atomic mass is 10.2. The fraction of sp³-hybridized carbons (Fsp3) is 0.385. The highest BCUT2D eigenvalue weighted by molar-refractivity contribution is 7.17. The molecule has 0 aliphatic carbocycles. The Bertz CT molecular complexity index is 572. The third-order valence-corrected chi connectivity index (χ3v) is 3.28. The molecule has 0 aliphatic rings. The Kier molecular flexibility index (Phi) is 3.26. The van der Waals surface area contributed by atoms with Gasteiger partial charge in [0.05, 0.1) is 15.9 Å². The molecule has 0 aromatic carbocycles. The number of hydrogen-bond acceptors (Lipinski definition) is 4. The summed E-state index contributed by atoms with van der Waals surface area (Å²) in [6.07, 6.45) is 1.34. The van der Waals surface area contributed by atoms with Crippen molar-refractivity contribution in [1.82, 2.24) is 4.98 Å². The van der Waals surface area contributed by atoms with Gasteiger partial charge in [-0.3, -0.25) is 9.88 Å². The van der Waals surface area contributed by atoms with E-state index in [2.05, 4.69) is 4.98 Å². The first-order chi connectivity index (χ1) is 8.38. The molecule has 0 unspecified atom stereocenters. The summed E-state index contributed by atoms with van der Waals surface area (Å²) in [7, 11) is 1.71. The average Bonchev–Trinajstić information content (AvgIpc) is 2.73. The van der Waals surface area contributed by atoms with Crippen molar-refractivity contribution in [2.24, 2.45) is 0 Å². The van der Waals surface area contributed by atoms with Crippen LogP contribution in [0, 0.1) is 0 Å². The van der Waals surface area contributed by atoms with E-state index >= 15 is 0 Å². The quantitative estimate of drug-likeness (QED) is 0.789. The van der Waals surface area contributed by atoms with Gasteiger partial charge in [-0.05, 0) is 38.3 Å². The van der Waals surface area contributed by atoms with E-state index in [0.717, 1.165) is 15.9 Å². The number of fused-ring (bicyclic) bond motifs is 1. The fourth-order valence-corrected chi connectivity index (χ4v) is 2.45. The molecule has 1 amide bonds. The number of pyridine rings is 1. The summed E-state index contributed by atoms with van der Waals surface area (Å²) in [5, 5.41) is 1.96. The van der Waals surface area contributed by atoms with Crippen molar-refractivity contribution in [2.45, 2.75) is 26.4 Å². The Balaban J connectivity index is 2.31. The van der Waals surface area contributed by atoms with E-state index in [1.165, 1.54) is 4.90 Å². The van der Waals surface area contributed by atoms with Crippen molar-refractivity contribution in [3.8, 4) is 0 Å². The highest BCUT2D eigenvalue weighted by Gasteiger charge is 2.22. The van der Waals surface area contributed by atoms with Crippen LogP contribution in [0.5, 0.6) is 0 Å². The van der Waals surface area contributed by atoms with Gasteiger partial charge in [-0.2, -0.15) is 0 Å². The molecule has 5 heteroatoms. The average molecular weight is 264 g/mol. The van der Waals surface area contributed by atoms with E-state index in [1.54, 1.807) is 24.6 Å². The van der Waals surface area contributed by atoms with Crippen molar-refractivity contribution in [1.29, 1.82) is 0 Å². The molecule has 2 heterocycles. The van der Waals surface area contributed by atoms with Gasteiger partial charge in [-0.15, -0.1) is 11.3 Å². The number of aromatic nitrogens is 1. The first kappa shape index (κ1) is 12.8. The van der Waals surface area contributed by atoms with Gasteiger partial charge in [0.15, 0.2) is 0 Å². The molecule has 0 N–H and O–H groups in total. The Morgan fingerprint density at radius 1 is 1.39 bits per heavy atom. The zero-order valence-corrected chi connectivity index (χ0v) is 11.7. The molecule has 0 bridgehead atoms. The summed E-state index contributed by atoms with van der Waals surface area (Å²) in [4.78, 5) is 17.8. The van der Waals surface area contributed by atoms with Gasteiger partial charge in [0, 0.05) is 13.2 Å². The minimum Gasteiger partial charge on any atom is -0.443 e. The second-order valence-electron chi connectivity index (χ2n) is 5.00. The predicted octanol–water partition coefficient (Wildman–Crippen LogP) is 3.67. The molecule has 2 aromatic heterocycles. The van der Waals surface area contributed by atoms with E-state index < -0.39 is 5.60 Å². The number of anilines is 1. The molecule has 0 saturated heterocycles. The van der Waals surface area contributed by atoms with Crippen LogP contribution < -0.4 is 4.90 Å². The summed E-state index contributed by atoms with van der Waals surface area (Å²) >= 11 is 1.57. The van der Waals surface area contributed by atoms with Crippen LogP contribution in [0.3, 0.4) is 0 Å². The zero-order chi connectivity index (χ0) is 13.3. The van der Waals surface area contributed by atoms with Gasteiger partial charge >= 0.3 is 6.09 Å². The van der Waals surface area contributed by atoms with Crippen LogP contribution in [0.15, 0.2) is 23.7 Å². The zero-order valence-electron chi connectivity index (χ0n) is 10.9. The minimum atomic E-state index is -0.493. The lowest BCUT2D eigenvalue weighted by Crippen LogP contribution is -2.34. The number of carbonyl (C=O) groups is 1. The number of amides is 1. The largest absolute Gasteiger partial charge is 0.443 e. The summed E-state index contributed by atoms with van der Waals surface area (Å²) in [5.74, 6) is 0. The number of ether oxygens (including phenoxy) is 1. The van der Waals surface area contributed by atoms with Crippen molar-refractivity contribution in [3.05, 3.63) is 23.7 Å². The van der Waals surface area contributed by atoms with E-state index in [9.17, 15) is 4.79 Å². The van der Waals surface area contributed by atoms with Crippen LogP contribution in [0.25, 0.3) is 10.2 Å². The number of thiophene rings is 1. The highest BCUT2D eigenvalue weighted by Crippen LogP contribution is 2.29. The molecule has 96 valence electrons. The molecule has 0 aliphatic heterocycles. The number of hydrogen-bond donors (Lipinski definition) is 0. The van der Waals surface area contributed by atoms with E-state index in [0.29, 0.717) is 0 Å². The Hall–Kier alpha value is -1.62. The van der Waals surface area contributed by atoms with Crippen molar-refractivity contribution >= 4 is 33.3 Å². The van der Waals surface area contributed by atoms with Crippen molar-refractivity contribution in [3.63, 3.8) is 0 Å². The monoisotopic (exact) mass is 264 g/mol. The number of nitrogens with zero attached hydrogens (tertiary/aromatic N) is 2. The third kappa shape index (κ3) is 2.61. The van der Waals surface area contributed by atoms with Gasteiger partial charge in [0.1, 0.15) is 5.60 Å². The van der Waals surface area contributed by atoms with Gasteiger partial charge in [-0.1, -0.05) is 0 Å². The molecular weight excluding hydrogens is 248 g/mol. The summed E-state index contributed by atoms with van der Waals surface area (Å²) in [5.41, 5.74) is 1.23. The van der Waals surface area contributed by atoms with E-state index in [1.807, 2.05) is 38.3 Å². The van der Waals surface area contributed by atoms with E-state index in [-0.39, 0.29) is 6.09 Å².